The zero-order chi connectivity index (χ0) is 13.7. The zero-order valence-corrected chi connectivity index (χ0v) is 13.0. The third-order valence-corrected chi connectivity index (χ3v) is 6.08. The number of sulfonamides is 1. The van der Waals surface area contributed by atoms with E-state index in [1.54, 1.807) is 12.4 Å². The first-order chi connectivity index (χ1) is 9.11. The fourth-order valence-electron chi connectivity index (χ4n) is 2.23. The van der Waals surface area contributed by atoms with E-state index in [4.69, 9.17) is 0 Å². The molecule has 19 heavy (non-hydrogen) atoms. The highest BCUT2D eigenvalue weighted by atomic mass is 79.9. The first-order valence-electron chi connectivity index (χ1n) is 6.29. The van der Waals surface area contributed by atoms with Crippen LogP contribution in [-0.2, 0) is 10.0 Å². The molecule has 0 spiro atoms. The summed E-state index contributed by atoms with van der Waals surface area (Å²) in [5, 5.41) is 0. The molecule has 0 saturated carbocycles. The highest BCUT2D eigenvalue weighted by molar-refractivity contribution is 9.10. The molecule has 7 heteroatoms. The van der Waals surface area contributed by atoms with E-state index in [0.717, 1.165) is 25.9 Å². The Labute approximate surface area is 122 Å². The van der Waals surface area contributed by atoms with E-state index in [9.17, 15) is 8.42 Å². The second-order valence-corrected chi connectivity index (χ2v) is 7.82. The Morgan fingerprint density at radius 1 is 1.32 bits per heavy atom. The number of anilines is 1. The molecule has 1 aliphatic rings. The fourth-order valence-corrected chi connectivity index (χ4v) is 3.29. The molecule has 0 atom stereocenters. The van der Waals surface area contributed by atoms with E-state index in [2.05, 4.69) is 30.5 Å². The molecule has 2 rings (SSSR count). The third-order valence-electron chi connectivity index (χ3n) is 3.38. The molecule has 0 aliphatic carbocycles. The minimum Gasteiger partial charge on any atom is -0.371 e. The number of hydrogen-bond donors (Lipinski definition) is 1. The molecule has 1 saturated heterocycles. The minimum atomic E-state index is -3.14. The van der Waals surface area contributed by atoms with Crippen molar-refractivity contribution in [1.82, 2.24) is 9.71 Å². The minimum absolute atomic E-state index is 0.0319. The number of nitrogens with one attached hydrogen (secondary N) is 1. The number of nitrogens with zero attached hydrogens (tertiary/aromatic N) is 2. The molecule has 0 amide bonds. The van der Waals surface area contributed by atoms with Crippen molar-refractivity contribution in [2.75, 3.05) is 29.2 Å². The number of halogens is 1. The van der Waals surface area contributed by atoms with Gasteiger partial charge in [-0.2, -0.15) is 0 Å². The Hall–Kier alpha value is -0.660. The van der Waals surface area contributed by atoms with Crippen LogP contribution in [0.25, 0.3) is 0 Å². The van der Waals surface area contributed by atoms with Crippen molar-refractivity contribution >= 4 is 31.6 Å². The van der Waals surface area contributed by atoms with Gasteiger partial charge in [-0.05, 0) is 30.9 Å². The number of pyridine rings is 1. The summed E-state index contributed by atoms with van der Waals surface area (Å²) >= 11 is 2.97. The molecule has 1 aromatic rings. The van der Waals surface area contributed by atoms with Crippen molar-refractivity contribution in [3.05, 3.63) is 24.5 Å². The maximum atomic E-state index is 11.4. The lowest BCUT2D eigenvalue weighted by Gasteiger charge is -2.33. The third kappa shape index (κ3) is 4.43. The molecule has 2 heterocycles. The van der Waals surface area contributed by atoms with Gasteiger partial charge in [0, 0.05) is 37.7 Å². The van der Waals surface area contributed by atoms with E-state index in [0.29, 0.717) is 12.5 Å². The van der Waals surface area contributed by atoms with Crippen LogP contribution in [-0.4, -0.2) is 37.7 Å². The summed E-state index contributed by atoms with van der Waals surface area (Å²) in [5.41, 5.74) is 1.19. The predicted octanol–water partition coefficient (Wildman–Crippen LogP) is 1.57. The summed E-state index contributed by atoms with van der Waals surface area (Å²) in [6.07, 6.45) is 5.61. The Morgan fingerprint density at radius 3 is 2.53 bits per heavy atom. The fraction of sp³-hybridized carbons (Fsp3) is 0.583. The van der Waals surface area contributed by atoms with Crippen molar-refractivity contribution in [3.8, 4) is 0 Å². The van der Waals surface area contributed by atoms with Crippen LogP contribution in [0, 0.1) is 5.92 Å². The first kappa shape index (κ1) is 14.7. The van der Waals surface area contributed by atoms with Crippen LogP contribution in [0.3, 0.4) is 0 Å². The van der Waals surface area contributed by atoms with Gasteiger partial charge in [0.05, 0.1) is 0 Å². The molecular weight excluding hydrogens is 330 g/mol. The summed E-state index contributed by atoms with van der Waals surface area (Å²) in [6.45, 7) is 2.47. The van der Waals surface area contributed by atoms with E-state index < -0.39 is 10.0 Å². The molecule has 106 valence electrons. The Kier molecular flexibility index (Phi) is 5.18. The second kappa shape index (κ2) is 6.67. The summed E-state index contributed by atoms with van der Waals surface area (Å²) < 4.78 is 25.3. The maximum Gasteiger partial charge on any atom is 0.221 e. The van der Waals surface area contributed by atoms with E-state index >= 15 is 0 Å². The average Bonchev–Trinajstić information content (AvgIpc) is 2.47. The molecule has 1 N–H and O–H groups in total. The normalized spacial score (nSPS) is 17.6. The average molecular weight is 348 g/mol. The SMILES string of the molecule is O=S(=O)(CBr)NCC1CCN(c2ccncc2)CC1. The molecule has 1 aliphatic heterocycles. The number of rotatable bonds is 5. The lowest BCUT2D eigenvalue weighted by Crippen LogP contribution is -2.38. The van der Waals surface area contributed by atoms with Gasteiger partial charge in [0.25, 0.3) is 0 Å². The number of hydrogen-bond acceptors (Lipinski definition) is 4. The van der Waals surface area contributed by atoms with Gasteiger partial charge in [-0.15, -0.1) is 0 Å². The molecular formula is C12H18BrN3O2S. The Bertz CT molecular complexity index is 487. The largest absolute Gasteiger partial charge is 0.371 e. The van der Waals surface area contributed by atoms with Gasteiger partial charge in [0.1, 0.15) is 4.66 Å². The number of alkyl halides is 1. The van der Waals surface area contributed by atoms with Crippen molar-refractivity contribution in [1.29, 1.82) is 0 Å². The van der Waals surface area contributed by atoms with Gasteiger partial charge in [0.2, 0.25) is 10.0 Å². The van der Waals surface area contributed by atoms with Crippen LogP contribution >= 0.6 is 15.9 Å². The molecule has 0 radical (unpaired) electrons. The van der Waals surface area contributed by atoms with Crippen molar-refractivity contribution in [3.63, 3.8) is 0 Å². The van der Waals surface area contributed by atoms with Crippen LogP contribution in [0.5, 0.6) is 0 Å². The monoisotopic (exact) mass is 347 g/mol. The zero-order valence-electron chi connectivity index (χ0n) is 10.6. The van der Waals surface area contributed by atoms with E-state index in [1.807, 2.05) is 12.1 Å². The predicted molar refractivity (Wildman–Crippen MR) is 79.9 cm³/mol. The molecule has 1 fully saturated rings. The lowest BCUT2D eigenvalue weighted by atomic mass is 9.97. The van der Waals surface area contributed by atoms with Gasteiger partial charge in [-0.1, -0.05) is 15.9 Å². The summed E-state index contributed by atoms with van der Waals surface area (Å²) in [6, 6.07) is 4.02. The molecule has 0 unspecified atom stereocenters. The number of piperidine rings is 1. The van der Waals surface area contributed by atoms with Crippen LogP contribution in [0.15, 0.2) is 24.5 Å². The highest BCUT2D eigenvalue weighted by Crippen LogP contribution is 2.22. The summed E-state index contributed by atoms with van der Waals surface area (Å²) in [7, 11) is -3.14. The molecule has 1 aromatic heterocycles. The van der Waals surface area contributed by atoms with Crippen LogP contribution in [0.4, 0.5) is 5.69 Å². The quantitative estimate of drug-likeness (QED) is 0.821. The summed E-state index contributed by atoms with van der Waals surface area (Å²) in [4.78, 5) is 6.33. The van der Waals surface area contributed by atoms with Gasteiger partial charge in [0.15, 0.2) is 0 Å². The van der Waals surface area contributed by atoms with Crippen molar-refractivity contribution in [2.45, 2.75) is 12.8 Å². The smallest absolute Gasteiger partial charge is 0.221 e. The van der Waals surface area contributed by atoms with Gasteiger partial charge < -0.3 is 4.90 Å². The maximum absolute atomic E-state index is 11.4. The topological polar surface area (TPSA) is 62.3 Å². The van der Waals surface area contributed by atoms with Crippen LogP contribution < -0.4 is 9.62 Å². The van der Waals surface area contributed by atoms with Crippen LogP contribution in [0.1, 0.15) is 12.8 Å². The van der Waals surface area contributed by atoms with Crippen molar-refractivity contribution in [2.24, 2.45) is 5.92 Å². The Balaban J connectivity index is 1.80. The van der Waals surface area contributed by atoms with Gasteiger partial charge in [-0.25, -0.2) is 13.1 Å². The standard InChI is InChI=1S/C12H18BrN3O2S/c13-10-19(17,18)15-9-11-3-7-16(8-4-11)12-1-5-14-6-2-12/h1-2,5-6,11,15H,3-4,7-10H2. The summed E-state index contributed by atoms with van der Waals surface area (Å²) in [5.74, 6) is 0.423. The van der Waals surface area contributed by atoms with Gasteiger partial charge in [-0.3, -0.25) is 4.98 Å². The second-order valence-electron chi connectivity index (χ2n) is 4.71. The molecule has 5 nitrogen and oxygen atoms in total. The highest BCUT2D eigenvalue weighted by Gasteiger charge is 2.20. The van der Waals surface area contributed by atoms with E-state index in [1.165, 1.54) is 5.69 Å². The molecule has 0 bridgehead atoms. The van der Waals surface area contributed by atoms with Crippen molar-refractivity contribution < 1.29 is 8.42 Å². The Morgan fingerprint density at radius 2 is 1.95 bits per heavy atom. The number of aromatic nitrogens is 1. The lowest BCUT2D eigenvalue weighted by molar-refractivity contribution is 0.402. The first-order valence-corrected chi connectivity index (χ1v) is 9.06. The molecule has 0 aromatic carbocycles. The van der Waals surface area contributed by atoms with E-state index in [-0.39, 0.29) is 4.66 Å². The van der Waals surface area contributed by atoms with Crippen LogP contribution in [0.2, 0.25) is 0 Å². The van der Waals surface area contributed by atoms with Gasteiger partial charge >= 0.3 is 0 Å².